The van der Waals surface area contributed by atoms with E-state index in [2.05, 4.69) is 43.8 Å². The number of carbonyl (C=O) groups is 2. The molecule has 166 valence electrons. The number of amides is 2. The van der Waals surface area contributed by atoms with E-state index in [1.165, 1.54) is 30.3 Å². The third-order valence-corrected chi connectivity index (χ3v) is 6.26. The quantitative estimate of drug-likeness (QED) is 0.171. The minimum atomic E-state index is -0.619. The zero-order valence-electron chi connectivity index (χ0n) is 16.8. The van der Waals surface area contributed by atoms with Crippen LogP contribution in [0.4, 0.5) is 10.1 Å². The Hall–Kier alpha value is -2.63. The predicted octanol–water partition coefficient (Wildman–Crippen LogP) is 5.60. The van der Waals surface area contributed by atoms with E-state index in [0.717, 1.165) is 18.5 Å². The lowest BCUT2D eigenvalue weighted by Gasteiger charge is -2.29. The molecule has 9 heteroatoms. The number of carbonyl (C=O) groups excluding carboxylic acids is 2. The van der Waals surface area contributed by atoms with Gasteiger partial charge in [0, 0.05) is 13.6 Å². The zero-order valence-corrected chi connectivity index (χ0v) is 21.4. The molecule has 0 radical (unpaired) electrons. The zero-order chi connectivity index (χ0) is 23.5. The third kappa shape index (κ3) is 5.48. The molecule has 5 nitrogen and oxygen atoms in total. The van der Waals surface area contributed by atoms with Crippen LogP contribution in [0.2, 0.25) is 0 Å². The highest BCUT2D eigenvalue weighted by Gasteiger charge is 2.34. The molecule has 1 fully saturated rings. The van der Waals surface area contributed by atoms with Gasteiger partial charge in [-0.2, -0.15) is 0 Å². The molecule has 1 aliphatic heterocycles. The first-order chi connectivity index (χ1) is 15.8. The number of ether oxygens (including phenoxy) is 1. The number of thiocarbonyl (C=S) groups is 1. The normalized spacial score (nSPS) is 15.1. The summed E-state index contributed by atoms with van der Waals surface area (Å²) < 4.78 is 21.2. The molecule has 4 rings (SSSR count). The summed E-state index contributed by atoms with van der Waals surface area (Å²) in [7, 11) is 0. The van der Waals surface area contributed by atoms with E-state index in [1.54, 1.807) is 12.1 Å². The molecule has 33 heavy (non-hydrogen) atoms. The molecule has 3 aromatic carbocycles. The molecular weight excluding hydrogens is 622 g/mol. The van der Waals surface area contributed by atoms with Crippen LogP contribution < -0.4 is 15.0 Å². The number of rotatable bonds is 5. The van der Waals surface area contributed by atoms with E-state index < -0.39 is 17.6 Å². The van der Waals surface area contributed by atoms with Crippen molar-refractivity contribution in [3.8, 4) is 5.75 Å². The van der Waals surface area contributed by atoms with Crippen molar-refractivity contribution in [3.05, 3.63) is 97.3 Å². The number of hydrogen-bond donors (Lipinski definition) is 1. The van der Waals surface area contributed by atoms with Gasteiger partial charge in [0.2, 0.25) is 0 Å². The van der Waals surface area contributed by atoms with E-state index >= 15 is 0 Å². The van der Waals surface area contributed by atoms with Crippen LogP contribution in [-0.2, 0) is 16.2 Å². The molecule has 0 unspecified atom stereocenters. The summed E-state index contributed by atoms with van der Waals surface area (Å²) in [4.78, 5) is 27.0. The molecule has 1 saturated heterocycles. The van der Waals surface area contributed by atoms with Gasteiger partial charge in [0.15, 0.2) is 5.11 Å². The Morgan fingerprint density at radius 3 is 2.45 bits per heavy atom. The number of nitrogens with one attached hydrogen (secondary N) is 1. The van der Waals surface area contributed by atoms with Crippen LogP contribution in [0.15, 0.2) is 76.8 Å². The van der Waals surface area contributed by atoms with Gasteiger partial charge < -0.3 is 4.74 Å². The van der Waals surface area contributed by atoms with Crippen molar-refractivity contribution in [3.63, 3.8) is 0 Å². The van der Waals surface area contributed by atoms with Crippen LogP contribution in [0.5, 0.6) is 5.75 Å². The Morgan fingerprint density at radius 2 is 1.76 bits per heavy atom. The van der Waals surface area contributed by atoms with Crippen molar-refractivity contribution in [1.29, 1.82) is 0 Å². The van der Waals surface area contributed by atoms with Gasteiger partial charge in [0.05, 0.1) is 5.69 Å². The van der Waals surface area contributed by atoms with Crippen LogP contribution >= 0.6 is 50.7 Å². The van der Waals surface area contributed by atoms with Gasteiger partial charge in [0.1, 0.15) is 23.7 Å². The van der Waals surface area contributed by atoms with Crippen LogP contribution in [0.1, 0.15) is 11.1 Å². The Kier molecular flexibility index (Phi) is 7.20. The lowest BCUT2D eigenvalue weighted by molar-refractivity contribution is -0.122. The summed E-state index contributed by atoms with van der Waals surface area (Å²) in [5.41, 5.74) is 1.75. The summed E-state index contributed by atoms with van der Waals surface area (Å²) in [6.45, 7) is 0.320. The Bertz CT molecular complexity index is 1280. The van der Waals surface area contributed by atoms with Gasteiger partial charge in [-0.1, -0.05) is 28.1 Å². The monoisotopic (exact) mass is 636 g/mol. The van der Waals surface area contributed by atoms with E-state index in [9.17, 15) is 14.0 Å². The van der Waals surface area contributed by atoms with Crippen LogP contribution in [0.3, 0.4) is 0 Å². The molecule has 0 atom stereocenters. The molecule has 0 spiro atoms. The van der Waals surface area contributed by atoms with Gasteiger partial charge >= 0.3 is 0 Å². The highest BCUT2D eigenvalue weighted by Crippen LogP contribution is 2.29. The highest BCUT2D eigenvalue weighted by atomic mass is 127. The lowest BCUT2D eigenvalue weighted by atomic mass is 10.1. The molecule has 1 N–H and O–H groups in total. The third-order valence-electron chi connectivity index (χ3n) is 4.77. The first kappa shape index (κ1) is 23.5. The Morgan fingerprint density at radius 1 is 1.06 bits per heavy atom. The number of nitrogens with zero attached hydrogens (tertiary/aromatic N) is 1. The van der Waals surface area contributed by atoms with Gasteiger partial charge in [-0.05, 0) is 101 Å². The molecule has 1 heterocycles. The largest absolute Gasteiger partial charge is 0.488 e. The van der Waals surface area contributed by atoms with E-state index in [0.29, 0.717) is 23.6 Å². The first-order valence-corrected chi connectivity index (χ1v) is 11.9. The molecule has 2 amide bonds. The second-order valence-electron chi connectivity index (χ2n) is 7.03. The van der Waals surface area contributed by atoms with E-state index in [4.69, 9.17) is 17.0 Å². The number of hydrogen-bond acceptors (Lipinski definition) is 4. The average Bonchev–Trinajstić information content (AvgIpc) is 2.78. The molecule has 1 aliphatic rings. The second kappa shape index (κ2) is 10.1. The molecule has 0 saturated carbocycles. The van der Waals surface area contributed by atoms with Crippen molar-refractivity contribution in [1.82, 2.24) is 5.32 Å². The molecule has 0 bridgehead atoms. The predicted molar refractivity (Wildman–Crippen MR) is 140 cm³/mol. The topological polar surface area (TPSA) is 58.6 Å². The van der Waals surface area contributed by atoms with Crippen LogP contribution in [-0.4, -0.2) is 16.9 Å². The molecule has 0 aromatic heterocycles. The number of halogens is 3. The van der Waals surface area contributed by atoms with E-state index in [1.807, 2.05) is 30.3 Å². The molecule has 3 aromatic rings. The maximum Gasteiger partial charge on any atom is 0.270 e. The standard InChI is InChI=1S/C24H15BrFIN2O3S/c25-16-3-10-21(32-13-14-1-6-18(27)7-2-14)15(11-16)12-20-22(30)28-24(33)29(23(20)31)19-8-4-17(26)5-9-19/h1-12H,13H2,(H,28,30,33). The maximum absolute atomic E-state index is 13.3. The summed E-state index contributed by atoms with van der Waals surface area (Å²) in [6.07, 6.45) is 1.46. The van der Waals surface area contributed by atoms with Crippen molar-refractivity contribution in [2.45, 2.75) is 6.61 Å². The second-order valence-corrected chi connectivity index (χ2v) is 9.58. The van der Waals surface area contributed by atoms with Crippen LogP contribution in [0, 0.1) is 9.39 Å². The minimum absolute atomic E-state index is 0.0711. The van der Waals surface area contributed by atoms with Gasteiger partial charge in [-0.3, -0.25) is 19.8 Å². The Labute approximate surface area is 216 Å². The summed E-state index contributed by atoms with van der Waals surface area (Å²) >= 11 is 10.8. The van der Waals surface area contributed by atoms with E-state index in [-0.39, 0.29) is 10.7 Å². The fraction of sp³-hybridized carbons (Fsp3) is 0.0417. The van der Waals surface area contributed by atoms with Gasteiger partial charge in [0.25, 0.3) is 11.8 Å². The van der Waals surface area contributed by atoms with Crippen molar-refractivity contribution >= 4 is 79.4 Å². The molecular formula is C24H15BrFIN2O3S. The number of benzene rings is 3. The van der Waals surface area contributed by atoms with Crippen molar-refractivity contribution < 1.29 is 18.7 Å². The SMILES string of the molecule is O=C1NC(=S)N(c2ccc(F)cc2)C(=O)C1=Cc1cc(Br)ccc1OCc1ccc(I)cc1. The van der Waals surface area contributed by atoms with Gasteiger partial charge in [-0.15, -0.1) is 0 Å². The Balaban J connectivity index is 1.66. The summed E-state index contributed by atoms with van der Waals surface area (Å²) in [6, 6.07) is 18.5. The van der Waals surface area contributed by atoms with Gasteiger partial charge in [-0.25, -0.2) is 4.39 Å². The van der Waals surface area contributed by atoms with Crippen molar-refractivity contribution in [2.24, 2.45) is 0 Å². The average molecular weight is 637 g/mol. The lowest BCUT2D eigenvalue weighted by Crippen LogP contribution is -2.54. The fourth-order valence-corrected chi connectivity index (χ4v) is 4.16. The smallest absolute Gasteiger partial charge is 0.270 e. The molecule has 0 aliphatic carbocycles. The number of anilines is 1. The fourth-order valence-electron chi connectivity index (χ4n) is 3.14. The maximum atomic E-state index is 13.3. The van der Waals surface area contributed by atoms with Crippen molar-refractivity contribution in [2.75, 3.05) is 4.90 Å². The van der Waals surface area contributed by atoms with Crippen LogP contribution in [0.25, 0.3) is 6.08 Å². The summed E-state index contributed by atoms with van der Waals surface area (Å²) in [5, 5.41) is 2.45. The minimum Gasteiger partial charge on any atom is -0.488 e. The first-order valence-electron chi connectivity index (χ1n) is 9.65. The highest BCUT2D eigenvalue weighted by molar-refractivity contribution is 14.1. The summed E-state index contributed by atoms with van der Waals surface area (Å²) in [5.74, 6) is -1.17.